The fourth-order valence-corrected chi connectivity index (χ4v) is 3.01. The van der Waals surface area contributed by atoms with Crippen molar-refractivity contribution in [3.63, 3.8) is 0 Å². The second-order valence-electron chi connectivity index (χ2n) is 6.41. The van der Waals surface area contributed by atoms with Gasteiger partial charge in [0.15, 0.2) is 18.5 Å². The van der Waals surface area contributed by atoms with E-state index in [1.807, 2.05) is 0 Å². The van der Waals surface area contributed by atoms with Gasteiger partial charge in [-0.15, -0.1) is 0 Å². The SMILES string of the molecule is CO[C@H]1O[C@@H](C)[C@H](OC(=O)c2ccccc2)[C@@H](OC(=O)c2ccccc2)[C@@H]1O. The van der Waals surface area contributed by atoms with E-state index in [0.717, 1.165) is 0 Å². The van der Waals surface area contributed by atoms with Crippen LogP contribution in [0.15, 0.2) is 60.7 Å². The van der Waals surface area contributed by atoms with E-state index >= 15 is 0 Å². The largest absolute Gasteiger partial charge is 0.452 e. The predicted octanol–water partition coefficient (Wildman–Crippen LogP) is 2.19. The van der Waals surface area contributed by atoms with Gasteiger partial charge in [0.25, 0.3) is 0 Å². The van der Waals surface area contributed by atoms with Crippen LogP contribution in [0, 0.1) is 0 Å². The van der Waals surface area contributed by atoms with E-state index < -0.39 is 42.6 Å². The molecule has 3 rings (SSSR count). The second-order valence-corrected chi connectivity index (χ2v) is 6.41. The van der Waals surface area contributed by atoms with Gasteiger partial charge in [0.05, 0.1) is 17.2 Å². The molecule has 0 saturated carbocycles. The zero-order valence-corrected chi connectivity index (χ0v) is 15.6. The molecule has 0 spiro atoms. The van der Waals surface area contributed by atoms with Crippen molar-refractivity contribution in [1.82, 2.24) is 0 Å². The van der Waals surface area contributed by atoms with E-state index in [-0.39, 0.29) is 0 Å². The third kappa shape index (κ3) is 4.39. The van der Waals surface area contributed by atoms with Crippen molar-refractivity contribution in [2.75, 3.05) is 7.11 Å². The van der Waals surface area contributed by atoms with Gasteiger partial charge in [-0.05, 0) is 31.2 Å². The van der Waals surface area contributed by atoms with Crippen molar-refractivity contribution in [2.24, 2.45) is 0 Å². The minimum Gasteiger partial charge on any atom is -0.452 e. The molecule has 1 aliphatic heterocycles. The third-order valence-corrected chi connectivity index (χ3v) is 4.49. The molecule has 2 aromatic rings. The molecule has 1 heterocycles. The van der Waals surface area contributed by atoms with Crippen LogP contribution < -0.4 is 0 Å². The topological polar surface area (TPSA) is 91.3 Å². The average Bonchev–Trinajstić information content (AvgIpc) is 2.73. The first-order valence-corrected chi connectivity index (χ1v) is 8.89. The zero-order valence-electron chi connectivity index (χ0n) is 15.6. The number of ether oxygens (including phenoxy) is 4. The van der Waals surface area contributed by atoms with Crippen LogP contribution in [0.3, 0.4) is 0 Å². The van der Waals surface area contributed by atoms with Crippen molar-refractivity contribution in [3.8, 4) is 0 Å². The Labute approximate surface area is 162 Å². The Morgan fingerprint density at radius 3 is 1.79 bits per heavy atom. The van der Waals surface area contributed by atoms with Crippen LogP contribution in [0.5, 0.6) is 0 Å². The fourth-order valence-electron chi connectivity index (χ4n) is 3.01. The van der Waals surface area contributed by atoms with Crippen molar-refractivity contribution in [3.05, 3.63) is 71.8 Å². The molecule has 7 nitrogen and oxygen atoms in total. The summed E-state index contributed by atoms with van der Waals surface area (Å²) in [6, 6.07) is 16.8. The molecule has 1 aliphatic rings. The van der Waals surface area contributed by atoms with Crippen LogP contribution in [0.4, 0.5) is 0 Å². The number of benzene rings is 2. The predicted molar refractivity (Wildman–Crippen MR) is 98.6 cm³/mol. The molecular weight excluding hydrogens is 364 g/mol. The molecule has 0 aliphatic carbocycles. The van der Waals surface area contributed by atoms with Gasteiger partial charge in [-0.3, -0.25) is 0 Å². The minimum absolute atomic E-state index is 0.316. The van der Waals surface area contributed by atoms with Crippen LogP contribution in [0.2, 0.25) is 0 Å². The van der Waals surface area contributed by atoms with Gasteiger partial charge < -0.3 is 24.1 Å². The molecule has 0 bridgehead atoms. The summed E-state index contributed by atoms with van der Waals surface area (Å²) in [4.78, 5) is 25.0. The van der Waals surface area contributed by atoms with Gasteiger partial charge in [0.2, 0.25) is 0 Å². The Balaban J connectivity index is 1.82. The first kappa shape index (κ1) is 20.0. The summed E-state index contributed by atoms with van der Waals surface area (Å²) in [5, 5.41) is 10.6. The maximum absolute atomic E-state index is 12.5. The van der Waals surface area contributed by atoms with Gasteiger partial charge in [0.1, 0.15) is 6.10 Å². The molecule has 1 saturated heterocycles. The minimum atomic E-state index is -1.33. The van der Waals surface area contributed by atoms with Gasteiger partial charge >= 0.3 is 11.9 Å². The van der Waals surface area contributed by atoms with E-state index in [0.29, 0.717) is 11.1 Å². The van der Waals surface area contributed by atoms with Gasteiger partial charge in [-0.1, -0.05) is 36.4 Å². The number of hydrogen-bond donors (Lipinski definition) is 1. The Morgan fingerprint density at radius 1 is 0.857 bits per heavy atom. The van der Waals surface area contributed by atoms with E-state index in [1.54, 1.807) is 67.6 Å². The van der Waals surface area contributed by atoms with Crippen LogP contribution >= 0.6 is 0 Å². The van der Waals surface area contributed by atoms with Gasteiger partial charge in [0, 0.05) is 7.11 Å². The normalized spacial score (nSPS) is 27.0. The molecule has 1 fully saturated rings. The molecule has 5 atom stereocenters. The number of rotatable bonds is 5. The molecule has 28 heavy (non-hydrogen) atoms. The number of hydrogen-bond acceptors (Lipinski definition) is 7. The highest BCUT2D eigenvalue weighted by molar-refractivity contribution is 5.90. The Morgan fingerprint density at radius 2 is 1.32 bits per heavy atom. The third-order valence-electron chi connectivity index (χ3n) is 4.49. The van der Waals surface area contributed by atoms with Crippen molar-refractivity contribution < 1.29 is 33.6 Å². The second kappa shape index (κ2) is 8.97. The lowest BCUT2D eigenvalue weighted by atomic mass is 9.99. The summed E-state index contributed by atoms with van der Waals surface area (Å²) < 4.78 is 21.8. The molecule has 2 aromatic carbocycles. The number of carbonyl (C=O) groups excluding carboxylic acids is 2. The van der Waals surface area contributed by atoms with Gasteiger partial charge in [-0.2, -0.15) is 0 Å². The number of aliphatic hydroxyl groups excluding tert-OH is 1. The summed E-state index contributed by atoms with van der Waals surface area (Å²) in [7, 11) is 1.37. The zero-order chi connectivity index (χ0) is 20.1. The number of aliphatic hydroxyl groups is 1. The van der Waals surface area contributed by atoms with Crippen molar-refractivity contribution in [2.45, 2.75) is 37.6 Å². The standard InChI is InChI=1S/C21H22O7/c1-13-17(27-19(23)14-9-5-3-6-10-14)18(16(22)21(25-2)26-13)28-20(24)15-11-7-4-8-12-15/h3-13,16-18,21-22H,1-2H3/t13-,16-,17-,18-,21-/m0/s1. The van der Waals surface area contributed by atoms with Crippen LogP contribution in [-0.2, 0) is 18.9 Å². The first-order valence-electron chi connectivity index (χ1n) is 8.89. The molecule has 1 N–H and O–H groups in total. The quantitative estimate of drug-likeness (QED) is 0.788. The van der Waals surface area contributed by atoms with Crippen molar-refractivity contribution >= 4 is 11.9 Å². The van der Waals surface area contributed by atoms with E-state index in [2.05, 4.69) is 0 Å². The maximum atomic E-state index is 12.5. The summed E-state index contributed by atoms with van der Waals surface area (Å²) >= 11 is 0. The van der Waals surface area contributed by atoms with Crippen molar-refractivity contribution in [1.29, 1.82) is 0 Å². The molecule has 0 radical (unpaired) electrons. The lowest BCUT2D eigenvalue weighted by Crippen LogP contribution is -2.59. The van der Waals surface area contributed by atoms with E-state index in [9.17, 15) is 14.7 Å². The van der Waals surface area contributed by atoms with Crippen LogP contribution in [0.25, 0.3) is 0 Å². The molecule has 0 aromatic heterocycles. The highest BCUT2D eigenvalue weighted by Gasteiger charge is 2.48. The summed E-state index contributed by atoms with van der Waals surface area (Å²) in [5.41, 5.74) is 0.655. The highest BCUT2D eigenvalue weighted by atomic mass is 16.7. The first-order chi connectivity index (χ1) is 13.5. The monoisotopic (exact) mass is 386 g/mol. The fraction of sp³-hybridized carbons (Fsp3) is 0.333. The van der Waals surface area contributed by atoms with E-state index in [4.69, 9.17) is 18.9 Å². The lowest BCUT2D eigenvalue weighted by molar-refractivity contribution is -0.284. The Bertz CT molecular complexity index is 793. The smallest absolute Gasteiger partial charge is 0.338 e. The van der Waals surface area contributed by atoms with Crippen LogP contribution in [0.1, 0.15) is 27.6 Å². The molecule has 148 valence electrons. The molecule has 7 heteroatoms. The molecular formula is C21H22O7. The number of esters is 2. The average molecular weight is 386 g/mol. The highest BCUT2D eigenvalue weighted by Crippen LogP contribution is 2.27. The Kier molecular flexibility index (Phi) is 6.41. The number of methoxy groups -OCH3 is 1. The molecule has 0 amide bonds. The summed E-state index contributed by atoms with van der Waals surface area (Å²) in [6.07, 6.45) is -5.19. The summed E-state index contributed by atoms with van der Waals surface area (Å²) in [6.45, 7) is 1.66. The number of carbonyl (C=O) groups is 2. The lowest BCUT2D eigenvalue weighted by Gasteiger charge is -2.41. The van der Waals surface area contributed by atoms with Gasteiger partial charge in [-0.25, -0.2) is 9.59 Å². The summed E-state index contributed by atoms with van der Waals surface area (Å²) in [5.74, 6) is -1.25. The van der Waals surface area contributed by atoms with Crippen LogP contribution in [-0.4, -0.2) is 54.9 Å². The molecule has 0 unspecified atom stereocenters. The maximum Gasteiger partial charge on any atom is 0.338 e. The van der Waals surface area contributed by atoms with E-state index in [1.165, 1.54) is 7.11 Å². The Hall–Kier alpha value is -2.74.